The molecule has 1 amide bonds. The zero-order valence-electron chi connectivity index (χ0n) is 11.4. The second kappa shape index (κ2) is 4.52. The molecule has 3 heterocycles. The average molecular weight is 264 g/mol. The Morgan fingerprint density at radius 2 is 2.32 bits per heavy atom. The van der Waals surface area contributed by atoms with Crippen molar-refractivity contribution in [3.63, 3.8) is 0 Å². The minimum Gasteiger partial charge on any atom is -0.391 e. The minimum absolute atomic E-state index is 0.00965. The lowest BCUT2D eigenvalue weighted by molar-refractivity contribution is -0.123. The lowest BCUT2D eigenvalue weighted by Gasteiger charge is -2.37. The second-order valence-electron chi connectivity index (χ2n) is 5.42. The SMILES string of the molecule is Cc1nn(C)c(N2CCCC3C(=O)NCC32)c1CO. The van der Waals surface area contributed by atoms with Crippen molar-refractivity contribution in [3.05, 3.63) is 11.3 Å². The summed E-state index contributed by atoms with van der Waals surface area (Å²) in [5, 5.41) is 16.9. The fourth-order valence-corrected chi connectivity index (χ4v) is 3.45. The van der Waals surface area contributed by atoms with Crippen molar-refractivity contribution in [2.45, 2.75) is 32.4 Å². The third-order valence-corrected chi connectivity index (χ3v) is 4.34. The third kappa shape index (κ3) is 1.82. The van der Waals surface area contributed by atoms with Crippen LogP contribution in [0.2, 0.25) is 0 Å². The number of nitrogens with zero attached hydrogens (tertiary/aromatic N) is 3. The van der Waals surface area contributed by atoms with Crippen molar-refractivity contribution in [1.82, 2.24) is 15.1 Å². The molecule has 0 bridgehead atoms. The van der Waals surface area contributed by atoms with Crippen LogP contribution in [0.5, 0.6) is 0 Å². The maximum atomic E-state index is 11.8. The number of hydrogen-bond acceptors (Lipinski definition) is 4. The number of aryl methyl sites for hydroxylation is 2. The van der Waals surface area contributed by atoms with E-state index < -0.39 is 0 Å². The van der Waals surface area contributed by atoms with Crippen molar-refractivity contribution in [1.29, 1.82) is 0 Å². The van der Waals surface area contributed by atoms with Crippen LogP contribution in [0.15, 0.2) is 0 Å². The molecular formula is C13H20N4O2. The molecule has 104 valence electrons. The summed E-state index contributed by atoms with van der Waals surface area (Å²) in [5.41, 5.74) is 1.74. The van der Waals surface area contributed by atoms with E-state index in [-0.39, 0.29) is 24.5 Å². The number of fused-ring (bicyclic) bond motifs is 1. The van der Waals surface area contributed by atoms with Crippen molar-refractivity contribution >= 4 is 11.7 Å². The molecule has 6 nitrogen and oxygen atoms in total. The Kier molecular flexibility index (Phi) is 2.97. The van der Waals surface area contributed by atoms with E-state index in [9.17, 15) is 9.90 Å². The van der Waals surface area contributed by atoms with Gasteiger partial charge in [-0.3, -0.25) is 9.48 Å². The summed E-state index contributed by atoms with van der Waals surface area (Å²) in [5.74, 6) is 1.21. The van der Waals surface area contributed by atoms with E-state index in [0.29, 0.717) is 6.54 Å². The Morgan fingerprint density at radius 3 is 3.05 bits per heavy atom. The number of rotatable bonds is 2. The predicted octanol–water partition coefficient (Wildman–Crippen LogP) is -0.0644. The molecule has 1 aromatic rings. The first-order valence-corrected chi connectivity index (χ1v) is 6.81. The number of aliphatic hydroxyl groups excluding tert-OH is 1. The lowest BCUT2D eigenvalue weighted by atomic mass is 9.91. The van der Waals surface area contributed by atoms with Crippen LogP contribution in [0.3, 0.4) is 0 Å². The summed E-state index contributed by atoms with van der Waals surface area (Å²) in [6.45, 7) is 3.51. The van der Waals surface area contributed by atoms with Crippen molar-refractivity contribution in [2.75, 3.05) is 18.0 Å². The average Bonchev–Trinajstić information content (AvgIpc) is 2.90. The van der Waals surface area contributed by atoms with Gasteiger partial charge >= 0.3 is 0 Å². The molecule has 19 heavy (non-hydrogen) atoms. The first-order valence-electron chi connectivity index (χ1n) is 6.81. The van der Waals surface area contributed by atoms with Gasteiger partial charge in [0.25, 0.3) is 0 Å². The van der Waals surface area contributed by atoms with Gasteiger partial charge in [0.15, 0.2) is 0 Å². The molecule has 0 aromatic carbocycles. The molecule has 2 fully saturated rings. The highest BCUT2D eigenvalue weighted by Gasteiger charge is 2.42. The topological polar surface area (TPSA) is 70.4 Å². The monoisotopic (exact) mass is 264 g/mol. The minimum atomic E-state index is -0.00965. The van der Waals surface area contributed by atoms with E-state index in [1.807, 2.05) is 18.7 Å². The highest BCUT2D eigenvalue weighted by atomic mass is 16.3. The Hall–Kier alpha value is -1.56. The number of aliphatic hydroxyl groups is 1. The molecule has 0 saturated carbocycles. The Bertz CT molecular complexity index is 511. The fraction of sp³-hybridized carbons (Fsp3) is 0.692. The quantitative estimate of drug-likeness (QED) is 0.785. The van der Waals surface area contributed by atoms with Crippen molar-refractivity contribution in [2.24, 2.45) is 13.0 Å². The zero-order valence-corrected chi connectivity index (χ0v) is 11.4. The molecule has 0 spiro atoms. The molecule has 2 aliphatic rings. The van der Waals surface area contributed by atoms with Gasteiger partial charge in [0.05, 0.1) is 24.3 Å². The smallest absolute Gasteiger partial charge is 0.225 e. The molecule has 0 aliphatic carbocycles. The van der Waals surface area contributed by atoms with Gasteiger partial charge in [-0.15, -0.1) is 0 Å². The van der Waals surface area contributed by atoms with Crippen LogP contribution in [0.4, 0.5) is 5.82 Å². The van der Waals surface area contributed by atoms with Gasteiger partial charge < -0.3 is 15.3 Å². The van der Waals surface area contributed by atoms with E-state index in [4.69, 9.17) is 0 Å². The summed E-state index contributed by atoms with van der Waals surface area (Å²) < 4.78 is 1.83. The molecule has 1 aromatic heterocycles. The first-order chi connectivity index (χ1) is 9.13. The van der Waals surface area contributed by atoms with Crippen LogP contribution >= 0.6 is 0 Å². The number of carbonyl (C=O) groups is 1. The zero-order chi connectivity index (χ0) is 13.6. The van der Waals surface area contributed by atoms with Crippen molar-refractivity contribution < 1.29 is 9.90 Å². The van der Waals surface area contributed by atoms with E-state index in [1.54, 1.807) is 0 Å². The first kappa shape index (κ1) is 12.5. The second-order valence-corrected chi connectivity index (χ2v) is 5.42. The lowest BCUT2D eigenvalue weighted by Crippen LogP contribution is -2.46. The molecule has 0 radical (unpaired) electrons. The normalized spacial score (nSPS) is 26.5. The van der Waals surface area contributed by atoms with Crippen LogP contribution in [0.1, 0.15) is 24.1 Å². The molecule has 2 saturated heterocycles. The van der Waals surface area contributed by atoms with Gasteiger partial charge in [0, 0.05) is 25.7 Å². The van der Waals surface area contributed by atoms with Crippen LogP contribution in [-0.2, 0) is 18.4 Å². The molecule has 3 rings (SSSR count). The fourth-order valence-electron chi connectivity index (χ4n) is 3.45. The number of piperidine rings is 1. The Balaban J connectivity index is 1.99. The maximum absolute atomic E-state index is 11.8. The number of carbonyl (C=O) groups excluding carboxylic acids is 1. The van der Waals surface area contributed by atoms with E-state index in [2.05, 4.69) is 15.3 Å². The number of amides is 1. The van der Waals surface area contributed by atoms with Crippen molar-refractivity contribution in [3.8, 4) is 0 Å². The number of nitrogens with one attached hydrogen (secondary N) is 1. The summed E-state index contributed by atoms with van der Waals surface area (Å²) in [4.78, 5) is 14.1. The van der Waals surface area contributed by atoms with Gasteiger partial charge in [0.2, 0.25) is 5.91 Å². The van der Waals surface area contributed by atoms with Gasteiger partial charge in [0.1, 0.15) is 5.82 Å². The van der Waals surface area contributed by atoms with Crippen LogP contribution in [0, 0.1) is 12.8 Å². The van der Waals surface area contributed by atoms with Gasteiger partial charge in [-0.25, -0.2) is 0 Å². The van der Waals surface area contributed by atoms with Gasteiger partial charge in [-0.1, -0.05) is 0 Å². The standard InChI is InChI=1S/C13H20N4O2/c1-8-10(7-18)13(16(2)15-8)17-5-3-4-9-11(17)6-14-12(9)19/h9,11,18H,3-7H2,1-2H3,(H,14,19). The van der Waals surface area contributed by atoms with Crippen LogP contribution < -0.4 is 10.2 Å². The van der Waals surface area contributed by atoms with Gasteiger partial charge in [-0.05, 0) is 19.8 Å². The summed E-state index contributed by atoms with van der Waals surface area (Å²) in [6.07, 6.45) is 1.96. The predicted molar refractivity (Wildman–Crippen MR) is 70.7 cm³/mol. The largest absolute Gasteiger partial charge is 0.391 e. The van der Waals surface area contributed by atoms with Crippen LogP contribution in [0.25, 0.3) is 0 Å². The third-order valence-electron chi connectivity index (χ3n) is 4.34. The number of hydrogen-bond donors (Lipinski definition) is 2. The van der Waals surface area contributed by atoms with Crippen LogP contribution in [-0.4, -0.2) is 39.9 Å². The molecule has 6 heteroatoms. The summed E-state index contributed by atoms with van der Waals surface area (Å²) in [7, 11) is 1.90. The summed E-state index contributed by atoms with van der Waals surface area (Å²) in [6, 6.07) is 0.196. The maximum Gasteiger partial charge on any atom is 0.225 e. The molecular weight excluding hydrogens is 244 g/mol. The van der Waals surface area contributed by atoms with Gasteiger partial charge in [-0.2, -0.15) is 5.10 Å². The molecule has 2 unspecified atom stereocenters. The highest BCUT2D eigenvalue weighted by molar-refractivity contribution is 5.83. The number of aromatic nitrogens is 2. The molecule has 2 atom stereocenters. The highest BCUT2D eigenvalue weighted by Crippen LogP contribution is 2.34. The summed E-state index contributed by atoms with van der Waals surface area (Å²) >= 11 is 0. The van der Waals surface area contributed by atoms with E-state index in [0.717, 1.165) is 36.5 Å². The molecule has 2 aliphatic heterocycles. The van der Waals surface area contributed by atoms with E-state index in [1.165, 1.54) is 0 Å². The Morgan fingerprint density at radius 1 is 1.53 bits per heavy atom. The number of anilines is 1. The Labute approximate surface area is 112 Å². The van der Waals surface area contributed by atoms with E-state index >= 15 is 0 Å². The molecule has 2 N–H and O–H groups in total.